The first-order valence-electron chi connectivity index (χ1n) is 13.9. The minimum absolute atomic E-state index is 0.745. The fourth-order valence-corrected chi connectivity index (χ4v) is 5.65. The first-order valence-corrected chi connectivity index (χ1v) is 13.9. The lowest BCUT2D eigenvalue weighted by atomic mass is 9.77. The van der Waals surface area contributed by atoms with E-state index in [0.717, 1.165) is 50.5 Å². The molecule has 7 rings (SSSR count). The standard InChI is InChI=1S/C37H27N5/c1-4-14-30(15-5-1)37(31-16-6-2-7-17-31,32-18-8-3-9-19-32)42-27-33(36(41-42)34-20-10-11-23-39-34)28-21-24-40-35(25-28)29-13-12-22-38-26-29/h1-27H. The maximum absolute atomic E-state index is 5.38. The zero-order valence-electron chi connectivity index (χ0n) is 22.8. The van der Waals surface area contributed by atoms with Crippen LogP contribution in [0.4, 0.5) is 0 Å². The molecular formula is C37H27N5. The summed E-state index contributed by atoms with van der Waals surface area (Å²) in [5.74, 6) is 0. The minimum atomic E-state index is -0.745. The highest BCUT2D eigenvalue weighted by Gasteiger charge is 2.40. The van der Waals surface area contributed by atoms with Gasteiger partial charge in [0, 0.05) is 42.1 Å². The molecule has 5 heteroatoms. The van der Waals surface area contributed by atoms with E-state index in [9.17, 15) is 0 Å². The molecule has 5 nitrogen and oxygen atoms in total. The summed E-state index contributed by atoms with van der Waals surface area (Å²) in [7, 11) is 0. The van der Waals surface area contributed by atoms with Gasteiger partial charge in [-0.3, -0.25) is 19.6 Å². The SMILES string of the molecule is c1ccc(C(c2ccccc2)(c2ccccc2)n2cc(-c3ccnc(-c4cccnc4)c3)c(-c3ccccn3)n2)cc1. The number of benzene rings is 3. The summed E-state index contributed by atoms with van der Waals surface area (Å²) < 4.78 is 2.11. The zero-order valence-corrected chi connectivity index (χ0v) is 22.8. The van der Waals surface area contributed by atoms with Crippen molar-refractivity contribution in [3.05, 3.63) is 181 Å². The van der Waals surface area contributed by atoms with Crippen molar-refractivity contribution in [3.8, 4) is 33.8 Å². The number of hydrogen-bond donors (Lipinski definition) is 0. The van der Waals surface area contributed by atoms with Crippen LogP contribution in [0, 0.1) is 0 Å². The van der Waals surface area contributed by atoms with Gasteiger partial charge in [-0.15, -0.1) is 0 Å². The van der Waals surface area contributed by atoms with Crippen LogP contribution in [-0.4, -0.2) is 24.7 Å². The van der Waals surface area contributed by atoms with Crippen LogP contribution >= 0.6 is 0 Å². The molecule has 0 aliphatic carbocycles. The summed E-state index contributed by atoms with van der Waals surface area (Å²) >= 11 is 0. The van der Waals surface area contributed by atoms with Gasteiger partial charge in [0.1, 0.15) is 11.2 Å². The summed E-state index contributed by atoms with van der Waals surface area (Å²) in [5.41, 5.74) is 7.94. The number of hydrogen-bond acceptors (Lipinski definition) is 4. The second-order valence-corrected chi connectivity index (χ2v) is 10.0. The lowest BCUT2D eigenvalue weighted by molar-refractivity contribution is 0.461. The smallest absolute Gasteiger partial charge is 0.138 e. The van der Waals surface area contributed by atoms with Gasteiger partial charge in [0.2, 0.25) is 0 Å². The second kappa shape index (κ2) is 11.1. The van der Waals surface area contributed by atoms with Crippen LogP contribution in [0.3, 0.4) is 0 Å². The van der Waals surface area contributed by atoms with Gasteiger partial charge in [0.15, 0.2) is 0 Å². The summed E-state index contributed by atoms with van der Waals surface area (Å²) in [4.78, 5) is 13.7. The van der Waals surface area contributed by atoms with E-state index in [1.165, 1.54) is 0 Å². The van der Waals surface area contributed by atoms with Crippen LogP contribution in [0.25, 0.3) is 33.8 Å². The quantitative estimate of drug-likeness (QED) is 0.192. The molecular weight excluding hydrogens is 514 g/mol. The maximum atomic E-state index is 5.38. The molecule has 0 amide bonds. The molecule has 42 heavy (non-hydrogen) atoms. The summed E-state index contributed by atoms with van der Waals surface area (Å²) in [5, 5.41) is 5.38. The Morgan fingerprint density at radius 3 is 1.69 bits per heavy atom. The van der Waals surface area contributed by atoms with Crippen LogP contribution in [0.2, 0.25) is 0 Å². The third kappa shape index (κ3) is 4.47. The molecule has 0 bridgehead atoms. The molecule has 7 aromatic rings. The Labute approximate surface area is 244 Å². The largest absolute Gasteiger partial charge is 0.264 e. The minimum Gasteiger partial charge on any atom is -0.264 e. The fourth-order valence-electron chi connectivity index (χ4n) is 5.65. The molecule has 200 valence electrons. The van der Waals surface area contributed by atoms with Gasteiger partial charge in [-0.05, 0) is 58.7 Å². The van der Waals surface area contributed by atoms with Gasteiger partial charge in [0.05, 0.1) is 11.4 Å². The van der Waals surface area contributed by atoms with Gasteiger partial charge in [-0.2, -0.15) is 5.10 Å². The Hall–Kier alpha value is -5.68. The van der Waals surface area contributed by atoms with Crippen LogP contribution in [0.15, 0.2) is 164 Å². The van der Waals surface area contributed by atoms with Gasteiger partial charge in [-0.1, -0.05) is 97.1 Å². The molecule has 0 aliphatic rings. The van der Waals surface area contributed by atoms with Crippen LogP contribution < -0.4 is 0 Å². The van der Waals surface area contributed by atoms with Crippen molar-refractivity contribution in [2.75, 3.05) is 0 Å². The van der Waals surface area contributed by atoms with Crippen molar-refractivity contribution < 1.29 is 0 Å². The van der Waals surface area contributed by atoms with E-state index < -0.39 is 5.54 Å². The van der Waals surface area contributed by atoms with E-state index >= 15 is 0 Å². The van der Waals surface area contributed by atoms with Crippen molar-refractivity contribution in [1.29, 1.82) is 0 Å². The van der Waals surface area contributed by atoms with E-state index in [2.05, 4.69) is 118 Å². The first kappa shape index (κ1) is 25.3. The first-order chi connectivity index (χ1) is 20.8. The van der Waals surface area contributed by atoms with Crippen molar-refractivity contribution in [2.24, 2.45) is 0 Å². The molecule has 0 atom stereocenters. The Bertz CT molecular complexity index is 1810. The van der Waals surface area contributed by atoms with Crippen LogP contribution in [0.5, 0.6) is 0 Å². The van der Waals surface area contributed by atoms with Crippen molar-refractivity contribution in [2.45, 2.75) is 5.54 Å². The zero-order chi connectivity index (χ0) is 28.2. The number of nitrogens with zero attached hydrogens (tertiary/aromatic N) is 5. The fraction of sp³-hybridized carbons (Fsp3) is 0.0270. The molecule has 4 aromatic heterocycles. The predicted molar refractivity (Wildman–Crippen MR) is 167 cm³/mol. The topological polar surface area (TPSA) is 56.5 Å². The average molecular weight is 542 g/mol. The van der Waals surface area contributed by atoms with Crippen molar-refractivity contribution >= 4 is 0 Å². The predicted octanol–water partition coefficient (Wildman–Crippen LogP) is 7.91. The summed E-state index contributed by atoms with van der Waals surface area (Å²) in [6.45, 7) is 0. The molecule has 0 N–H and O–H groups in total. The van der Waals surface area contributed by atoms with Crippen molar-refractivity contribution in [3.63, 3.8) is 0 Å². The Kier molecular flexibility index (Phi) is 6.66. The molecule has 0 spiro atoms. The highest BCUT2D eigenvalue weighted by atomic mass is 15.3. The average Bonchev–Trinajstić information content (AvgIpc) is 3.53. The lowest BCUT2D eigenvalue weighted by Gasteiger charge is -2.36. The normalized spacial score (nSPS) is 11.3. The van der Waals surface area contributed by atoms with E-state index in [-0.39, 0.29) is 0 Å². The molecule has 0 unspecified atom stereocenters. The number of pyridine rings is 3. The van der Waals surface area contributed by atoms with E-state index in [4.69, 9.17) is 10.1 Å². The van der Waals surface area contributed by atoms with Crippen LogP contribution in [-0.2, 0) is 5.54 Å². The Morgan fingerprint density at radius 1 is 0.500 bits per heavy atom. The van der Waals surface area contributed by atoms with Gasteiger partial charge >= 0.3 is 0 Å². The highest BCUT2D eigenvalue weighted by molar-refractivity contribution is 5.81. The lowest BCUT2D eigenvalue weighted by Crippen LogP contribution is -2.38. The van der Waals surface area contributed by atoms with E-state index in [1.807, 2.05) is 55.0 Å². The van der Waals surface area contributed by atoms with Crippen LogP contribution in [0.1, 0.15) is 16.7 Å². The summed E-state index contributed by atoms with van der Waals surface area (Å²) in [6, 6.07) is 45.7. The molecule has 0 saturated carbocycles. The monoisotopic (exact) mass is 541 g/mol. The molecule has 3 aromatic carbocycles. The molecule has 0 fully saturated rings. The molecule has 0 aliphatic heterocycles. The number of aromatic nitrogens is 5. The number of rotatable bonds is 7. The van der Waals surface area contributed by atoms with E-state index in [1.54, 1.807) is 6.20 Å². The third-order valence-electron chi connectivity index (χ3n) is 7.57. The Balaban J connectivity index is 1.54. The Morgan fingerprint density at radius 2 is 1.12 bits per heavy atom. The van der Waals surface area contributed by atoms with E-state index in [0.29, 0.717) is 0 Å². The molecule has 0 saturated heterocycles. The summed E-state index contributed by atoms with van der Waals surface area (Å²) in [6.07, 6.45) is 9.41. The van der Waals surface area contributed by atoms with Gasteiger partial charge in [0.25, 0.3) is 0 Å². The molecule has 0 radical (unpaired) electrons. The maximum Gasteiger partial charge on any atom is 0.138 e. The van der Waals surface area contributed by atoms with Gasteiger partial charge in [-0.25, -0.2) is 0 Å². The van der Waals surface area contributed by atoms with Crippen molar-refractivity contribution in [1.82, 2.24) is 24.7 Å². The second-order valence-electron chi connectivity index (χ2n) is 10.0. The third-order valence-corrected chi connectivity index (χ3v) is 7.57. The highest BCUT2D eigenvalue weighted by Crippen LogP contribution is 2.43. The molecule has 4 heterocycles. The van der Waals surface area contributed by atoms with Gasteiger partial charge < -0.3 is 0 Å².